The van der Waals surface area contributed by atoms with E-state index in [0.717, 1.165) is 11.3 Å². The SMILES string of the molecule is CCON=C(COc1ccccc1CC(=O)O)c1cccc(Oc2ccccc2)c1. The maximum atomic E-state index is 11.1. The van der Waals surface area contributed by atoms with Crippen molar-refractivity contribution in [3.05, 3.63) is 90.0 Å². The van der Waals surface area contributed by atoms with Crippen molar-refractivity contribution in [1.82, 2.24) is 0 Å². The van der Waals surface area contributed by atoms with Crippen LogP contribution in [0.15, 0.2) is 84.0 Å². The minimum absolute atomic E-state index is 0.116. The van der Waals surface area contributed by atoms with Gasteiger partial charge in [-0.1, -0.05) is 53.7 Å². The minimum atomic E-state index is -0.917. The smallest absolute Gasteiger partial charge is 0.307 e. The molecule has 0 spiro atoms. The molecular weight excluding hydrogens is 382 g/mol. The molecule has 0 aliphatic rings. The topological polar surface area (TPSA) is 77.4 Å². The lowest BCUT2D eigenvalue weighted by molar-refractivity contribution is -0.136. The van der Waals surface area contributed by atoms with Crippen LogP contribution in [0.3, 0.4) is 0 Å². The molecule has 0 amide bonds. The Morgan fingerprint density at radius 3 is 2.43 bits per heavy atom. The lowest BCUT2D eigenvalue weighted by Gasteiger charge is -2.13. The van der Waals surface area contributed by atoms with Crippen LogP contribution in [0.25, 0.3) is 0 Å². The van der Waals surface area contributed by atoms with Crippen LogP contribution in [0.2, 0.25) is 0 Å². The fraction of sp³-hybridized carbons (Fsp3) is 0.167. The van der Waals surface area contributed by atoms with Crippen molar-refractivity contribution >= 4 is 11.7 Å². The fourth-order valence-corrected chi connectivity index (χ4v) is 2.77. The highest BCUT2D eigenvalue weighted by molar-refractivity contribution is 6.01. The summed E-state index contributed by atoms with van der Waals surface area (Å²) in [5.41, 5.74) is 1.95. The monoisotopic (exact) mass is 405 g/mol. The Kier molecular flexibility index (Phi) is 7.44. The van der Waals surface area contributed by atoms with Gasteiger partial charge in [-0.25, -0.2) is 0 Å². The number of rotatable bonds is 10. The zero-order valence-electron chi connectivity index (χ0n) is 16.7. The highest BCUT2D eigenvalue weighted by atomic mass is 16.6. The van der Waals surface area contributed by atoms with Gasteiger partial charge in [-0.2, -0.15) is 0 Å². The molecule has 0 bridgehead atoms. The largest absolute Gasteiger partial charge is 0.487 e. The Hall–Kier alpha value is -3.80. The molecule has 0 saturated carbocycles. The molecule has 0 heterocycles. The molecule has 3 aromatic carbocycles. The van der Waals surface area contributed by atoms with E-state index >= 15 is 0 Å². The van der Waals surface area contributed by atoms with E-state index < -0.39 is 5.97 Å². The van der Waals surface area contributed by atoms with Crippen LogP contribution in [-0.4, -0.2) is 30.0 Å². The summed E-state index contributed by atoms with van der Waals surface area (Å²) in [7, 11) is 0. The van der Waals surface area contributed by atoms with Crippen molar-refractivity contribution in [3.63, 3.8) is 0 Å². The van der Waals surface area contributed by atoms with Gasteiger partial charge in [0.05, 0.1) is 6.42 Å². The molecule has 0 fully saturated rings. The molecule has 0 unspecified atom stereocenters. The summed E-state index contributed by atoms with van der Waals surface area (Å²) < 4.78 is 11.8. The molecule has 6 nitrogen and oxygen atoms in total. The zero-order valence-corrected chi connectivity index (χ0v) is 16.7. The van der Waals surface area contributed by atoms with Gasteiger partial charge in [0.15, 0.2) is 0 Å². The van der Waals surface area contributed by atoms with Crippen molar-refractivity contribution in [2.45, 2.75) is 13.3 Å². The van der Waals surface area contributed by atoms with E-state index in [4.69, 9.17) is 19.4 Å². The van der Waals surface area contributed by atoms with Crippen LogP contribution in [0.1, 0.15) is 18.1 Å². The molecule has 0 atom stereocenters. The van der Waals surface area contributed by atoms with Gasteiger partial charge in [-0.05, 0) is 37.3 Å². The number of ether oxygens (including phenoxy) is 2. The van der Waals surface area contributed by atoms with Gasteiger partial charge < -0.3 is 19.4 Å². The number of nitrogens with zero attached hydrogens (tertiary/aromatic N) is 1. The molecule has 1 N–H and O–H groups in total. The zero-order chi connectivity index (χ0) is 21.2. The lowest BCUT2D eigenvalue weighted by atomic mass is 10.1. The van der Waals surface area contributed by atoms with E-state index in [-0.39, 0.29) is 13.0 Å². The first-order valence-electron chi connectivity index (χ1n) is 9.60. The summed E-state index contributed by atoms with van der Waals surface area (Å²) in [6, 6.07) is 24.0. The number of oxime groups is 1. The molecule has 3 aromatic rings. The third-order valence-corrected chi connectivity index (χ3v) is 4.13. The minimum Gasteiger partial charge on any atom is -0.487 e. The first kappa shape index (κ1) is 20.9. The van der Waals surface area contributed by atoms with E-state index in [1.54, 1.807) is 24.3 Å². The summed E-state index contributed by atoms with van der Waals surface area (Å²) in [5.74, 6) is 0.978. The Bertz CT molecular complexity index is 1000. The predicted molar refractivity (Wildman–Crippen MR) is 114 cm³/mol. The molecular formula is C24H23NO5. The third kappa shape index (κ3) is 6.10. The van der Waals surface area contributed by atoms with Crippen molar-refractivity contribution in [1.29, 1.82) is 0 Å². The van der Waals surface area contributed by atoms with Crippen LogP contribution in [0.4, 0.5) is 0 Å². The summed E-state index contributed by atoms with van der Waals surface area (Å²) >= 11 is 0. The van der Waals surface area contributed by atoms with Crippen molar-refractivity contribution in [2.75, 3.05) is 13.2 Å². The summed E-state index contributed by atoms with van der Waals surface area (Å²) in [6.45, 7) is 2.38. The molecule has 0 aliphatic carbocycles. The van der Waals surface area contributed by atoms with Crippen molar-refractivity contribution in [2.24, 2.45) is 5.16 Å². The maximum Gasteiger partial charge on any atom is 0.307 e. The highest BCUT2D eigenvalue weighted by Crippen LogP contribution is 2.23. The van der Waals surface area contributed by atoms with Gasteiger partial charge in [-0.15, -0.1) is 0 Å². The molecule has 0 aliphatic heterocycles. The van der Waals surface area contributed by atoms with Crippen LogP contribution in [0.5, 0.6) is 17.2 Å². The molecule has 30 heavy (non-hydrogen) atoms. The Morgan fingerprint density at radius 2 is 1.67 bits per heavy atom. The number of carboxylic acid groups (broad SMARTS) is 1. The third-order valence-electron chi connectivity index (χ3n) is 4.13. The quantitative estimate of drug-likeness (QED) is 0.382. The molecule has 6 heteroatoms. The van der Waals surface area contributed by atoms with Crippen molar-refractivity contribution in [3.8, 4) is 17.2 Å². The van der Waals surface area contributed by atoms with Gasteiger partial charge in [0, 0.05) is 11.1 Å². The van der Waals surface area contributed by atoms with E-state index in [1.807, 2.05) is 61.5 Å². The second-order valence-corrected chi connectivity index (χ2v) is 6.37. The Morgan fingerprint density at radius 1 is 0.933 bits per heavy atom. The molecule has 154 valence electrons. The van der Waals surface area contributed by atoms with Crippen LogP contribution < -0.4 is 9.47 Å². The standard InChI is InChI=1S/C24H23NO5/c1-2-29-25-22(17-28-23-14-7-6-9-19(23)16-24(26)27)18-10-8-13-21(15-18)30-20-11-4-3-5-12-20/h3-15H,2,16-17H2,1H3,(H,26,27). The highest BCUT2D eigenvalue weighted by Gasteiger charge is 2.12. The average molecular weight is 405 g/mol. The van der Waals surface area contributed by atoms with E-state index in [2.05, 4.69) is 5.16 Å². The molecule has 0 radical (unpaired) electrons. The van der Waals surface area contributed by atoms with Crippen LogP contribution in [0, 0.1) is 0 Å². The second kappa shape index (κ2) is 10.7. The number of para-hydroxylation sites is 2. The van der Waals surface area contributed by atoms with Crippen LogP contribution in [-0.2, 0) is 16.1 Å². The Labute approximate surface area is 175 Å². The van der Waals surface area contributed by atoms with E-state index in [9.17, 15) is 4.79 Å². The number of benzene rings is 3. The van der Waals surface area contributed by atoms with E-state index in [0.29, 0.717) is 29.4 Å². The molecule has 0 aromatic heterocycles. The molecule has 3 rings (SSSR count). The fourth-order valence-electron chi connectivity index (χ4n) is 2.77. The number of carboxylic acids is 1. The van der Waals surface area contributed by atoms with Gasteiger partial charge in [0.25, 0.3) is 0 Å². The number of aliphatic carboxylic acids is 1. The maximum absolute atomic E-state index is 11.1. The van der Waals surface area contributed by atoms with Crippen molar-refractivity contribution < 1.29 is 24.2 Å². The average Bonchev–Trinajstić information content (AvgIpc) is 2.75. The van der Waals surface area contributed by atoms with Gasteiger partial charge in [0.2, 0.25) is 0 Å². The number of hydrogen-bond donors (Lipinski definition) is 1. The first-order chi connectivity index (χ1) is 14.7. The van der Waals surface area contributed by atoms with Crippen LogP contribution >= 0.6 is 0 Å². The molecule has 0 saturated heterocycles. The number of hydrogen-bond acceptors (Lipinski definition) is 5. The van der Waals surface area contributed by atoms with Gasteiger partial charge in [-0.3, -0.25) is 4.79 Å². The predicted octanol–water partition coefficient (Wildman–Crippen LogP) is 4.93. The van der Waals surface area contributed by atoms with Gasteiger partial charge in [0.1, 0.15) is 36.2 Å². The van der Waals surface area contributed by atoms with E-state index in [1.165, 1.54) is 0 Å². The lowest BCUT2D eigenvalue weighted by Crippen LogP contribution is -2.15. The van der Waals surface area contributed by atoms with Gasteiger partial charge >= 0.3 is 5.97 Å². The second-order valence-electron chi connectivity index (χ2n) is 6.37. The summed E-state index contributed by atoms with van der Waals surface area (Å²) in [5, 5.41) is 13.3. The summed E-state index contributed by atoms with van der Waals surface area (Å²) in [6.07, 6.45) is -0.117. The Balaban J connectivity index is 1.79. The normalized spacial score (nSPS) is 11.0. The number of carbonyl (C=O) groups is 1. The first-order valence-corrected chi connectivity index (χ1v) is 9.60. The summed E-state index contributed by atoms with van der Waals surface area (Å²) in [4.78, 5) is 16.4.